The van der Waals surface area contributed by atoms with Crippen LogP contribution in [0.5, 0.6) is 0 Å². The largest absolute Gasteiger partial charge is 0.337 e. The number of hydrogen-bond donors (Lipinski definition) is 0. The lowest BCUT2D eigenvalue weighted by atomic mass is 9.52. The van der Waals surface area contributed by atoms with Crippen molar-refractivity contribution in [1.82, 2.24) is 9.88 Å². The van der Waals surface area contributed by atoms with E-state index in [2.05, 4.69) is 49.0 Å². The van der Waals surface area contributed by atoms with E-state index in [-0.39, 0.29) is 11.0 Å². The Morgan fingerprint density at radius 3 is 2.83 bits per heavy atom. The number of carbonyl (C=O) groups excluding carboxylic acids is 1. The summed E-state index contributed by atoms with van der Waals surface area (Å²) in [5.74, 6) is 2.56. The molecule has 29 heavy (non-hydrogen) atoms. The molecule has 2 aliphatic carbocycles. The molecule has 4 aliphatic rings. The number of aromatic nitrogens is 1. The molecule has 0 spiro atoms. The maximum absolute atomic E-state index is 12.8. The lowest BCUT2D eigenvalue weighted by Gasteiger charge is -2.59. The first-order valence-electron chi connectivity index (χ1n) is 11.9. The number of hydrogen-bond acceptors (Lipinski definition) is 2. The van der Waals surface area contributed by atoms with E-state index in [1.54, 1.807) is 5.57 Å². The summed E-state index contributed by atoms with van der Waals surface area (Å²) in [4.78, 5) is 19.7. The average molecular weight is 393 g/mol. The molecule has 5 atom stereocenters. The highest BCUT2D eigenvalue weighted by Crippen LogP contribution is 2.63. The van der Waals surface area contributed by atoms with Gasteiger partial charge in [0, 0.05) is 30.9 Å². The fourth-order valence-corrected chi connectivity index (χ4v) is 7.66. The van der Waals surface area contributed by atoms with Crippen molar-refractivity contribution in [1.29, 1.82) is 0 Å². The summed E-state index contributed by atoms with van der Waals surface area (Å²) in [5, 5.41) is 0. The normalized spacial score (nSPS) is 39.3. The molecule has 1 aromatic heterocycles. The van der Waals surface area contributed by atoms with E-state index < -0.39 is 0 Å². The number of pyridine rings is 1. The van der Waals surface area contributed by atoms with Gasteiger partial charge in [0.2, 0.25) is 5.91 Å². The Labute approximate surface area is 176 Å². The van der Waals surface area contributed by atoms with Crippen molar-refractivity contribution >= 4 is 11.5 Å². The number of carbonyl (C=O) groups is 1. The fraction of sp³-hybridized carbons (Fsp3) is 0.692. The average Bonchev–Trinajstić information content (AvgIpc) is 3.00. The first-order chi connectivity index (χ1) is 14.0. The Kier molecular flexibility index (Phi) is 4.64. The molecule has 156 valence electrons. The number of amides is 1. The topological polar surface area (TPSA) is 33.2 Å². The molecule has 1 saturated carbocycles. The standard InChI is InChI=1S/C26H36N2O/c1-4-18-15-19(17-27-16-18)21-8-9-22-20-11-14-28-24(29)7-5-6-12-26(28,3)23(20)10-13-25(21,22)2/h8,15-17,20,22-23H,4-7,9-14H2,1-3H3/t20-,22?,23?,25+,26+/m0/s1. The van der Waals surface area contributed by atoms with Crippen LogP contribution in [0.1, 0.15) is 83.3 Å². The lowest BCUT2D eigenvalue weighted by Crippen LogP contribution is -2.62. The molecule has 0 aromatic carbocycles. The molecular weight excluding hydrogens is 356 g/mol. The van der Waals surface area contributed by atoms with Gasteiger partial charge in [-0.05, 0) is 97.8 Å². The Morgan fingerprint density at radius 1 is 1.14 bits per heavy atom. The molecule has 5 rings (SSSR count). The molecule has 1 aromatic rings. The van der Waals surface area contributed by atoms with Crippen LogP contribution >= 0.6 is 0 Å². The molecule has 0 N–H and O–H groups in total. The summed E-state index contributed by atoms with van der Waals surface area (Å²) >= 11 is 0. The maximum Gasteiger partial charge on any atom is 0.223 e. The van der Waals surface area contributed by atoms with Gasteiger partial charge in [0.1, 0.15) is 0 Å². The number of nitrogens with zero attached hydrogens (tertiary/aromatic N) is 2. The van der Waals surface area contributed by atoms with E-state index in [1.165, 1.54) is 49.7 Å². The minimum Gasteiger partial charge on any atom is -0.337 e. The highest BCUT2D eigenvalue weighted by molar-refractivity contribution is 5.78. The van der Waals surface area contributed by atoms with Crippen LogP contribution in [0.15, 0.2) is 24.5 Å². The zero-order valence-electron chi connectivity index (χ0n) is 18.4. The number of allylic oxidation sites excluding steroid dienone is 2. The Balaban J connectivity index is 1.45. The summed E-state index contributed by atoms with van der Waals surface area (Å²) in [6.45, 7) is 8.14. The maximum atomic E-state index is 12.8. The van der Waals surface area contributed by atoms with Crippen molar-refractivity contribution < 1.29 is 4.79 Å². The van der Waals surface area contributed by atoms with Crippen LogP contribution in [0.4, 0.5) is 0 Å². The SMILES string of the molecule is CCc1cncc(C2=CCC3[C@@H]4CCN5C(=O)CCCC[C@]5(C)C4CC[C@]23C)c1. The van der Waals surface area contributed by atoms with Crippen LogP contribution in [0.3, 0.4) is 0 Å². The summed E-state index contributed by atoms with van der Waals surface area (Å²) in [7, 11) is 0. The van der Waals surface area contributed by atoms with Gasteiger partial charge < -0.3 is 4.90 Å². The smallest absolute Gasteiger partial charge is 0.223 e. The van der Waals surface area contributed by atoms with E-state index in [1.807, 2.05) is 6.20 Å². The van der Waals surface area contributed by atoms with Crippen LogP contribution in [0, 0.1) is 23.2 Å². The first-order valence-corrected chi connectivity index (χ1v) is 11.9. The molecule has 2 saturated heterocycles. The number of aryl methyl sites for hydroxylation is 1. The minimum absolute atomic E-state index is 0.0876. The van der Waals surface area contributed by atoms with E-state index >= 15 is 0 Å². The summed E-state index contributed by atoms with van der Waals surface area (Å²) in [6, 6.07) is 2.37. The van der Waals surface area contributed by atoms with E-state index in [9.17, 15) is 4.79 Å². The molecule has 3 heteroatoms. The Morgan fingerprint density at radius 2 is 2.00 bits per heavy atom. The van der Waals surface area contributed by atoms with Crippen LogP contribution in [0.25, 0.3) is 5.57 Å². The Bertz CT molecular complexity index is 845. The van der Waals surface area contributed by atoms with Crippen molar-refractivity contribution in [3.05, 3.63) is 35.7 Å². The van der Waals surface area contributed by atoms with Gasteiger partial charge in [0.15, 0.2) is 0 Å². The van der Waals surface area contributed by atoms with Gasteiger partial charge >= 0.3 is 0 Å². The van der Waals surface area contributed by atoms with E-state index in [4.69, 9.17) is 0 Å². The third-order valence-corrected chi connectivity index (χ3v) is 9.26. The molecule has 3 fully saturated rings. The summed E-state index contributed by atoms with van der Waals surface area (Å²) in [6.07, 6.45) is 16.8. The van der Waals surface area contributed by atoms with Crippen molar-refractivity contribution in [2.45, 2.75) is 84.1 Å². The van der Waals surface area contributed by atoms with Crippen molar-refractivity contribution in [2.24, 2.45) is 23.2 Å². The zero-order valence-corrected chi connectivity index (χ0v) is 18.4. The van der Waals surface area contributed by atoms with Gasteiger partial charge in [-0.3, -0.25) is 9.78 Å². The van der Waals surface area contributed by atoms with Crippen LogP contribution in [-0.4, -0.2) is 27.9 Å². The van der Waals surface area contributed by atoms with Gasteiger partial charge in [0.25, 0.3) is 0 Å². The molecule has 0 bridgehead atoms. The van der Waals surface area contributed by atoms with Crippen molar-refractivity contribution in [2.75, 3.05) is 6.54 Å². The molecule has 0 radical (unpaired) electrons. The van der Waals surface area contributed by atoms with E-state index in [0.717, 1.165) is 37.6 Å². The van der Waals surface area contributed by atoms with Gasteiger partial charge in [-0.2, -0.15) is 0 Å². The van der Waals surface area contributed by atoms with Crippen LogP contribution < -0.4 is 0 Å². The van der Waals surface area contributed by atoms with Gasteiger partial charge in [-0.1, -0.05) is 26.3 Å². The summed E-state index contributed by atoms with van der Waals surface area (Å²) < 4.78 is 0. The predicted molar refractivity (Wildman–Crippen MR) is 117 cm³/mol. The second kappa shape index (κ2) is 6.96. The van der Waals surface area contributed by atoms with Crippen molar-refractivity contribution in [3.63, 3.8) is 0 Å². The van der Waals surface area contributed by atoms with Crippen molar-refractivity contribution in [3.8, 4) is 0 Å². The van der Waals surface area contributed by atoms with E-state index in [0.29, 0.717) is 11.8 Å². The second-order valence-electron chi connectivity index (χ2n) is 10.5. The number of rotatable bonds is 2. The zero-order chi connectivity index (χ0) is 20.2. The first kappa shape index (κ1) is 19.3. The molecular formula is C26H36N2O. The molecule has 2 aliphatic heterocycles. The van der Waals surface area contributed by atoms with Gasteiger partial charge in [-0.15, -0.1) is 0 Å². The predicted octanol–water partition coefficient (Wildman–Crippen LogP) is 5.64. The highest BCUT2D eigenvalue weighted by Gasteiger charge is 2.58. The molecule has 3 heterocycles. The minimum atomic E-state index is 0.0876. The lowest BCUT2D eigenvalue weighted by molar-refractivity contribution is -0.150. The third-order valence-electron chi connectivity index (χ3n) is 9.26. The molecule has 2 unspecified atom stereocenters. The number of piperidine rings is 1. The van der Waals surface area contributed by atoms with Crippen LogP contribution in [0.2, 0.25) is 0 Å². The second-order valence-corrected chi connectivity index (χ2v) is 10.5. The monoisotopic (exact) mass is 392 g/mol. The van der Waals surface area contributed by atoms with Crippen LogP contribution in [-0.2, 0) is 11.2 Å². The molecule has 1 amide bonds. The summed E-state index contributed by atoms with van der Waals surface area (Å²) in [5.41, 5.74) is 4.59. The number of fused-ring (bicyclic) bond motifs is 5. The fourth-order valence-electron chi connectivity index (χ4n) is 7.66. The van der Waals surface area contributed by atoms with Gasteiger partial charge in [0.05, 0.1) is 0 Å². The highest BCUT2D eigenvalue weighted by atomic mass is 16.2. The quantitative estimate of drug-likeness (QED) is 0.652. The Hall–Kier alpha value is -1.64. The molecule has 3 nitrogen and oxygen atoms in total. The third kappa shape index (κ3) is 2.83. The van der Waals surface area contributed by atoms with Gasteiger partial charge in [-0.25, -0.2) is 0 Å².